The van der Waals surface area contributed by atoms with Crippen LogP contribution in [0.3, 0.4) is 0 Å². The summed E-state index contributed by atoms with van der Waals surface area (Å²) in [5.74, 6) is 0. The molecular formula is C84H113NO20SSi2. The van der Waals surface area contributed by atoms with Gasteiger partial charge in [0.05, 0.1) is 70.1 Å². The van der Waals surface area contributed by atoms with Gasteiger partial charge in [0.25, 0.3) is 0 Å². The molecule has 5 aliphatic heterocycles. The topological polar surface area (TPSA) is 231 Å². The number of hydrogen-bond acceptors (Lipinski definition) is 20. The van der Waals surface area contributed by atoms with Crippen LogP contribution >= 0.6 is 0 Å². The molecule has 18 atom stereocenters. The molecule has 6 aromatic rings. The molecule has 588 valence electrons. The summed E-state index contributed by atoms with van der Waals surface area (Å²) in [5, 5.41) is 13.7. The van der Waals surface area contributed by atoms with Crippen LogP contribution in [0.2, 0.25) is 33.2 Å². The van der Waals surface area contributed by atoms with Crippen molar-refractivity contribution in [2.75, 3.05) is 19.8 Å². The molecule has 21 nitrogen and oxygen atoms in total. The lowest BCUT2D eigenvalue weighted by molar-refractivity contribution is -0.380. The molecule has 5 aliphatic rings. The van der Waals surface area contributed by atoms with Crippen molar-refractivity contribution in [1.29, 1.82) is 0 Å². The van der Waals surface area contributed by atoms with Gasteiger partial charge in [-0.15, -0.1) is 0 Å². The average molecular weight is 1550 g/mol. The maximum Gasteiger partial charge on any atom is 0.509 e. The van der Waals surface area contributed by atoms with E-state index in [-0.39, 0.29) is 91.0 Å². The molecule has 0 spiro atoms. The number of sulfonamides is 1. The van der Waals surface area contributed by atoms with Crippen molar-refractivity contribution in [3.63, 3.8) is 0 Å². The number of nitrogens with one attached hydrogen (secondary N) is 1. The van der Waals surface area contributed by atoms with E-state index in [1.54, 1.807) is 24.3 Å². The first-order chi connectivity index (χ1) is 52.0. The normalized spacial score (nSPS) is 28.4. The Hall–Kier alpha value is -6.09. The van der Waals surface area contributed by atoms with Gasteiger partial charge in [0.1, 0.15) is 67.1 Å². The van der Waals surface area contributed by atoms with E-state index in [2.05, 4.69) is 87.8 Å². The Morgan fingerprint density at radius 2 is 0.824 bits per heavy atom. The fraction of sp³-hybridized carbons (Fsp3) is 0.536. The van der Waals surface area contributed by atoms with E-state index in [1.807, 2.05) is 159 Å². The maximum absolute atomic E-state index is 15.5. The van der Waals surface area contributed by atoms with E-state index in [1.165, 1.54) is 18.4 Å². The van der Waals surface area contributed by atoms with Crippen molar-refractivity contribution >= 4 is 32.8 Å². The Morgan fingerprint density at radius 3 is 1.31 bits per heavy atom. The first-order valence-corrected chi connectivity index (χ1v) is 44.1. The molecule has 4 saturated heterocycles. The summed E-state index contributed by atoms with van der Waals surface area (Å²) in [7, 11) is -10.1. The highest BCUT2D eigenvalue weighted by atomic mass is 32.2. The summed E-state index contributed by atoms with van der Waals surface area (Å²) >= 11 is 0. The van der Waals surface area contributed by atoms with Gasteiger partial charge in [-0.2, -0.15) is 0 Å². The SMILES string of the molecule is CC(C)[Si](OC[C@H]1OC(O[C@@H]2C=CO[C@H](COCc3ccccc3)[C@@H]2OCc2ccccc2)[C@H](NS(=O)(=O)c2ccccc2)[C@@H](O[C@@H]2O[C@H](CO[Si](C(C)C)(C(C)C)C(C)C)[C@@H]3OC(=O)O[C@@H]3[C@H]2O[C@@H]2O[C@@H](C)[C@@H](OCc3ccccc3)[C@@H](OCc3ccccc3)[C@@H]2OCc2ccccc2)[C@H]1O)(C(C)C)C(C)C. The molecular weight excluding hydrogens is 1430 g/mol. The summed E-state index contributed by atoms with van der Waals surface area (Å²) in [4.78, 5) is 14.1. The number of rotatable bonds is 37. The Kier molecular flexibility index (Phi) is 29.5. The van der Waals surface area contributed by atoms with Crippen molar-refractivity contribution in [2.24, 2.45) is 0 Å². The molecule has 0 aliphatic carbocycles. The minimum Gasteiger partial charge on any atom is -0.493 e. The molecule has 24 heteroatoms. The molecule has 0 aromatic heterocycles. The Bertz CT molecular complexity index is 3770. The zero-order chi connectivity index (χ0) is 76.7. The van der Waals surface area contributed by atoms with E-state index in [9.17, 15) is 9.90 Å². The van der Waals surface area contributed by atoms with Gasteiger partial charge in [-0.05, 0) is 86.2 Å². The molecule has 0 saturated carbocycles. The summed E-state index contributed by atoms with van der Waals surface area (Å²) in [5.41, 5.74) is 5.13. The molecule has 0 amide bonds. The number of benzene rings is 6. The van der Waals surface area contributed by atoms with E-state index in [4.69, 9.17) is 75.2 Å². The predicted octanol–water partition coefficient (Wildman–Crippen LogP) is 14.8. The lowest BCUT2D eigenvalue weighted by Gasteiger charge is -2.51. The lowest BCUT2D eigenvalue weighted by Crippen LogP contribution is -2.69. The predicted molar refractivity (Wildman–Crippen MR) is 412 cm³/mol. The van der Waals surface area contributed by atoms with Gasteiger partial charge < -0.3 is 80.3 Å². The van der Waals surface area contributed by atoms with Gasteiger partial charge in [-0.3, -0.25) is 0 Å². The third-order valence-corrected chi connectivity index (χ3v) is 35.5. The van der Waals surface area contributed by atoms with Gasteiger partial charge >= 0.3 is 6.16 Å². The number of aliphatic hydroxyl groups excluding tert-OH is 1. The van der Waals surface area contributed by atoms with Crippen molar-refractivity contribution in [3.05, 3.63) is 222 Å². The molecule has 1 unspecified atom stereocenters. The van der Waals surface area contributed by atoms with Crippen LogP contribution in [0.4, 0.5) is 4.79 Å². The molecule has 4 fully saturated rings. The number of aliphatic hydroxyl groups is 1. The smallest absolute Gasteiger partial charge is 0.493 e. The lowest BCUT2D eigenvalue weighted by atomic mass is 9.95. The van der Waals surface area contributed by atoms with Crippen LogP contribution in [0, 0.1) is 0 Å². The second-order valence-corrected chi connectivity index (χ2v) is 43.4. The first kappa shape index (κ1) is 82.9. The van der Waals surface area contributed by atoms with Gasteiger partial charge in [0.2, 0.25) is 10.0 Å². The zero-order valence-corrected chi connectivity index (χ0v) is 67.4. The summed E-state index contributed by atoms with van der Waals surface area (Å²) < 4.78 is 146. The van der Waals surface area contributed by atoms with Gasteiger partial charge in [0, 0.05) is 0 Å². The highest BCUT2D eigenvalue weighted by Gasteiger charge is 2.62. The van der Waals surface area contributed by atoms with Crippen LogP contribution in [0.15, 0.2) is 199 Å². The van der Waals surface area contributed by atoms with Crippen LogP contribution in [0.1, 0.15) is 118 Å². The van der Waals surface area contributed by atoms with E-state index in [0.29, 0.717) is 0 Å². The fourth-order valence-corrected chi connectivity index (χ4v) is 28.9. The molecule has 108 heavy (non-hydrogen) atoms. The highest BCUT2D eigenvalue weighted by molar-refractivity contribution is 7.89. The molecule has 5 heterocycles. The van der Waals surface area contributed by atoms with E-state index < -0.39 is 143 Å². The van der Waals surface area contributed by atoms with Crippen molar-refractivity contribution in [1.82, 2.24) is 4.72 Å². The first-order valence-electron chi connectivity index (χ1n) is 38.4. The quantitative estimate of drug-likeness (QED) is 0.0273. The van der Waals surface area contributed by atoms with Crippen LogP contribution in [-0.2, 0) is 118 Å². The minimum absolute atomic E-state index is 0.0567. The summed E-state index contributed by atoms with van der Waals surface area (Å²) in [6.45, 7) is 28.5. The number of hydrogen-bond donors (Lipinski definition) is 2. The van der Waals surface area contributed by atoms with Crippen LogP contribution < -0.4 is 4.72 Å². The second-order valence-electron chi connectivity index (χ2n) is 30.8. The van der Waals surface area contributed by atoms with Crippen LogP contribution in [-0.4, -0.2) is 167 Å². The maximum atomic E-state index is 15.5. The minimum atomic E-state index is -4.61. The standard InChI is InChI=1S/C84H113NO20SSi2/c1-54(2)107(55(3)4,56(5)6)96-52-68-72(86)76(71(85-106(88,89)66-42-30-19-31-43-66)81(100-68)99-67-44-45-91-69(51-90-46-61-32-20-14-21-33-61)74(67)93-48-63-36-24-16-25-37-63)102-83-80(78-75(104-84(87)105-78)70(101-83)53-97-108(57(7)8,58(9)10)59(11)12)103-82-79(95-50-65-40-28-18-29-41-65)77(94-49-64-38-26-17-27-39-64)73(60(13)98-82)92-47-62-34-22-15-23-35-62/h14-45,54-60,67-83,85-86H,46-53H2,1-13H3/t60-,67+,68+,69+,70+,71+,72-,73+,74+,75-,76+,77+,78-,79-,80+,81?,82-,83-/m0/s1. The molecule has 11 rings (SSSR count). The van der Waals surface area contributed by atoms with Crippen molar-refractivity contribution in [3.8, 4) is 0 Å². The summed E-state index contributed by atoms with van der Waals surface area (Å²) in [6.07, 6.45) is -18.7. The van der Waals surface area contributed by atoms with Gasteiger partial charge in [-0.1, -0.05) is 253 Å². The number of carbonyl (C=O) groups excluding carboxylic acids is 1. The van der Waals surface area contributed by atoms with E-state index in [0.717, 1.165) is 27.8 Å². The Labute approximate surface area is 641 Å². The van der Waals surface area contributed by atoms with Crippen LogP contribution in [0.25, 0.3) is 0 Å². The third kappa shape index (κ3) is 20.0. The fourth-order valence-electron chi connectivity index (χ4n) is 16.7. The highest BCUT2D eigenvalue weighted by Crippen LogP contribution is 2.47. The van der Waals surface area contributed by atoms with Crippen molar-refractivity contribution < 1.29 is 93.5 Å². The van der Waals surface area contributed by atoms with Crippen LogP contribution in [0.5, 0.6) is 0 Å². The zero-order valence-electron chi connectivity index (χ0n) is 64.6. The molecule has 6 aromatic carbocycles. The molecule has 2 N–H and O–H groups in total. The Balaban J connectivity index is 1.04. The molecule has 0 radical (unpaired) electrons. The second kappa shape index (κ2) is 38.4. The van der Waals surface area contributed by atoms with E-state index >= 15 is 8.42 Å². The third-order valence-electron chi connectivity index (χ3n) is 21.8. The monoisotopic (exact) mass is 1540 g/mol. The largest absolute Gasteiger partial charge is 0.509 e. The van der Waals surface area contributed by atoms with Gasteiger partial charge in [0.15, 0.2) is 53.8 Å². The van der Waals surface area contributed by atoms with Gasteiger partial charge in [-0.25, -0.2) is 17.9 Å². The van der Waals surface area contributed by atoms with Crippen molar-refractivity contribution in [2.45, 2.75) is 272 Å². The summed E-state index contributed by atoms with van der Waals surface area (Å²) in [6, 6.07) is 54.9. The molecule has 0 bridgehead atoms. The number of fused-ring (bicyclic) bond motifs is 1. The number of carbonyl (C=O) groups is 1. The number of ether oxygens (including phenoxy) is 14. The Morgan fingerprint density at radius 1 is 0.426 bits per heavy atom. The average Bonchev–Trinajstić information content (AvgIpc) is 1.32.